The standard InChI is InChI=1S/C35H59N7O4S/c1-24-29-22-31(44)39-27(9-6-7-15-37-32(45)23-35(2,3)4)21-30(43)36-16-8-10-28(38-26-13-17-41(5)18-14-26)34(46)42-19-11-25(12-20-42)33(40-29)47-24/h25-28,38H,6-23H2,1-5H3,(H,36,43)(H,37,45)(H,39,44)/t27-,28-/m0/s1. The van der Waals surface area contributed by atoms with Crippen molar-refractivity contribution in [3.63, 3.8) is 0 Å². The third kappa shape index (κ3) is 12.4. The number of likely N-dealkylation sites (tertiary alicyclic amines) is 1. The molecule has 0 saturated carbocycles. The van der Waals surface area contributed by atoms with Crippen molar-refractivity contribution in [2.45, 2.75) is 129 Å². The molecule has 11 nitrogen and oxygen atoms in total. The molecule has 0 aliphatic carbocycles. The normalized spacial score (nSPS) is 24.7. The molecule has 2 atom stereocenters. The summed E-state index contributed by atoms with van der Waals surface area (Å²) in [5, 5.41) is 13.9. The maximum Gasteiger partial charge on any atom is 0.239 e. The fraction of sp³-hybridized carbons (Fsp3) is 0.800. The average Bonchev–Trinajstić information content (AvgIpc) is 3.37. The highest BCUT2D eigenvalue weighted by Crippen LogP contribution is 2.33. The van der Waals surface area contributed by atoms with Crippen LogP contribution in [-0.4, -0.2) is 103 Å². The van der Waals surface area contributed by atoms with Crippen LogP contribution in [0.5, 0.6) is 0 Å². The highest BCUT2D eigenvalue weighted by atomic mass is 32.1. The average molecular weight is 674 g/mol. The molecule has 4 aliphatic rings. The number of hydrogen-bond donors (Lipinski definition) is 4. The summed E-state index contributed by atoms with van der Waals surface area (Å²) in [5.41, 5.74) is 0.738. The third-order valence-corrected chi connectivity index (χ3v) is 10.8. The van der Waals surface area contributed by atoms with Crippen LogP contribution in [0.1, 0.15) is 113 Å². The van der Waals surface area contributed by atoms with Crippen LogP contribution in [0.25, 0.3) is 0 Å². The van der Waals surface area contributed by atoms with E-state index >= 15 is 0 Å². The second-order valence-corrected chi connectivity index (χ2v) is 16.4. The van der Waals surface area contributed by atoms with Crippen molar-refractivity contribution in [3.05, 3.63) is 15.6 Å². The highest BCUT2D eigenvalue weighted by molar-refractivity contribution is 7.11. The van der Waals surface area contributed by atoms with Crippen molar-refractivity contribution in [1.82, 2.24) is 36.1 Å². The fourth-order valence-corrected chi connectivity index (χ4v) is 7.98. The molecule has 0 unspecified atom stereocenters. The summed E-state index contributed by atoms with van der Waals surface area (Å²) in [6, 6.07) is -0.248. The van der Waals surface area contributed by atoms with Gasteiger partial charge in [-0.2, -0.15) is 0 Å². The molecule has 0 aromatic carbocycles. The van der Waals surface area contributed by atoms with Gasteiger partial charge < -0.3 is 31.1 Å². The summed E-state index contributed by atoms with van der Waals surface area (Å²) >= 11 is 1.66. The number of piperidine rings is 2. The van der Waals surface area contributed by atoms with E-state index in [2.05, 4.69) is 33.2 Å². The van der Waals surface area contributed by atoms with E-state index in [9.17, 15) is 19.2 Å². The number of thiazole rings is 1. The molecule has 2 saturated heterocycles. The number of carbonyl (C=O) groups excluding carboxylic acids is 4. The van der Waals surface area contributed by atoms with E-state index in [1.807, 2.05) is 32.6 Å². The number of hydrogen-bond acceptors (Lipinski definition) is 8. The van der Waals surface area contributed by atoms with E-state index in [0.29, 0.717) is 63.8 Å². The molecule has 264 valence electrons. The summed E-state index contributed by atoms with van der Waals surface area (Å²) in [6.07, 6.45) is 8.22. The van der Waals surface area contributed by atoms with Gasteiger partial charge in [0.1, 0.15) is 0 Å². The van der Waals surface area contributed by atoms with Gasteiger partial charge in [-0.05, 0) is 90.3 Å². The maximum absolute atomic E-state index is 13.8. The summed E-state index contributed by atoms with van der Waals surface area (Å²) in [5.74, 6) is 0.285. The Hall–Kier alpha value is -2.57. The molecule has 1 aromatic rings. The monoisotopic (exact) mass is 673 g/mol. The molecular weight excluding hydrogens is 614 g/mol. The molecule has 5 rings (SSSR count). The van der Waals surface area contributed by atoms with Gasteiger partial charge in [0, 0.05) is 61.9 Å². The van der Waals surface area contributed by atoms with E-state index in [0.717, 1.165) is 67.2 Å². The van der Waals surface area contributed by atoms with Gasteiger partial charge in [0.2, 0.25) is 23.6 Å². The van der Waals surface area contributed by atoms with Crippen LogP contribution in [0.15, 0.2) is 0 Å². The number of fused-ring (bicyclic) bond motifs is 13. The molecule has 4 aliphatic heterocycles. The smallest absolute Gasteiger partial charge is 0.239 e. The zero-order valence-corrected chi connectivity index (χ0v) is 30.2. The van der Waals surface area contributed by atoms with Gasteiger partial charge in [-0.3, -0.25) is 19.2 Å². The first kappa shape index (κ1) is 37.3. The lowest BCUT2D eigenvalue weighted by Gasteiger charge is -2.36. The molecule has 4 bridgehead atoms. The highest BCUT2D eigenvalue weighted by Gasteiger charge is 2.32. The summed E-state index contributed by atoms with van der Waals surface area (Å²) < 4.78 is 0. The van der Waals surface area contributed by atoms with Crippen LogP contribution in [0, 0.1) is 12.3 Å². The fourth-order valence-electron chi connectivity index (χ4n) is 6.87. The first-order valence-corrected chi connectivity index (χ1v) is 18.7. The summed E-state index contributed by atoms with van der Waals surface area (Å²) in [7, 11) is 2.14. The van der Waals surface area contributed by atoms with Crippen molar-refractivity contribution in [2.75, 3.05) is 46.3 Å². The van der Waals surface area contributed by atoms with Gasteiger partial charge in [0.15, 0.2) is 0 Å². The number of aryl methyl sites for hydroxylation is 1. The van der Waals surface area contributed by atoms with Gasteiger partial charge in [0.05, 0.1) is 23.2 Å². The third-order valence-electron chi connectivity index (χ3n) is 9.63. The molecule has 4 amide bonds. The Morgan fingerprint density at radius 2 is 1.72 bits per heavy atom. The quantitative estimate of drug-likeness (QED) is 0.311. The number of rotatable bonds is 8. The predicted molar refractivity (Wildman–Crippen MR) is 186 cm³/mol. The molecule has 2 fully saturated rings. The number of amides is 4. The summed E-state index contributed by atoms with van der Waals surface area (Å²) in [4.78, 5) is 62.7. The number of carbonyl (C=O) groups is 4. The zero-order valence-electron chi connectivity index (χ0n) is 29.4. The Morgan fingerprint density at radius 1 is 1.00 bits per heavy atom. The van der Waals surface area contributed by atoms with Crippen molar-refractivity contribution >= 4 is 35.0 Å². The van der Waals surface area contributed by atoms with Crippen molar-refractivity contribution in [1.29, 1.82) is 0 Å². The van der Waals surface area contributed by atoms with E-state index in [4.69, 9.17) is 4.98 Å². The largest absolute Gasteiger partial charge is 0.356 e. The topological polar surface area (TPSA) is 136 Å². The minimum Gasteiger partial charge on any atom is -0.356 e. The molecule has 4 N–H and O–H groups in total. The van der Waals surface area contributed by atoms with Gasteiger partial charge in [-0.15, -0.1) is 11.3 Å². The predicted octanol–water partition coefficient (Wildman–Crippen LogP) is 3.26. The number of unbranched alkanes of at least 4 members (excludes halogenated alkanes) is 1. The van der Waals surface area contributed by atoms with Crippen molar-refractivity contribution in [2.24, 2.45) is 5.41 Å². The Labute approximate surface area is 285 Å². The molecule has 12 heteroatoms. The molecule has 47 heavy (non-hydrogen) atoms. The Balaban J connectivity index is 1.40. The van der Waals surface area contributed by atoms with Crippen LogP contribution in [0.2, 0.25) is 0 Å². The van der Waals surface area contributed by atoms with Gasteiger partial charge in [-0.25, -0.2) is 4.98 Å². The first-order chi connectivity index (χ1) is 22.4. The Morgan fingerprint density at radius 3 is 2.43 bits per heavy atom. The minimum absolute atomic E-state index is 0.0471. The van der Waals surface area contributed by atoms with Crippen LogP contribution >= 0.6 is 11.3 Å². The number of nitrogens with zero attached hydrogens (tertiary/aromatic N) is 3. The van der Waals surface area contributed by atoms with Crippen LogP contribution in [0.4, 0.5) is 0 Å². The molecule has 5 heterocycles. The number of aromatic nitrogens is 1. The molecule has 1 aromatic heterocycles. The minimum atomic E-state index is -0.308. The SMILES string of the molecule is Cc1sc2nc1CC(=O)N[C@@H](CCCCNC(=O)CC(C)(C)C)CC(=O)NCCC[C@H](NC1CCN(C)CC1)C(=O)N1CCC2CC1. The lowest BCUT2D eigenvalue weighted by Crippen LogP contribution is -2.53. The van der Waals surface area contributed by atoms with E-state index in [1.165, 1.54) is 0 Å². The van der Waals surface area contributed by atoms with Crippen LogP contribution in [0.3, 0.4) is 0 Å². The van der Waals surface area contributed by atoms with Crippen LogP contribution < -0.4 is 21.3 Å². The zero-order chi connectivity index (χ0) is 34.0. The van der Waals surface area contributed by atoms with Crippen molar-refractivity contribution in [3.8, 4) is 0 Å². The number of nitrogens with one attached hydrogen (secondary N) is 4. The molecule has 0 spiro atoms. The van der Waals surface area contributed by atoms with Gasteiger partial charge >= 0.3 is 0 Å². The lowest BCUT2D eigenvalue weighted by molar-refractivity contribution is -0.135. The Kier molecular flexibility index (Phi) is 14.0. The Bertz CT molecular complexity index is 1200. The van der Waals surface area contributed by atoms with E-state index in [-0.39, 0.29) is 54.0 Å². The molecule has 0 radical (unpaired) electrons. The van der Waals surface area contributed by atoms with Gasteiger partial charge in [0.25, 0.3) is 0 Å². The first-order valence-electron chi connectivity index (χ1n) is 17.9. The second kappa shape index (κ2) is 17.7. The van der Waals surface area contributed by atoms with Crippen LogP contribution in [-0.2, 0) is 25.6 Å². The maximum atomic E-state index is 13.8. The van der Waals surface area contributed by atoms with E-state index in [1.54, 1.807) is 11.3 Å². The van der Waals surface area contributed by atoms with Gasteiger partial charge in [-0.1, -0.05) is 20.8 Å². The molecular formula is C35H59N7O4S. The summed E-state index contributed by atoms with van der Waals surface area (Å²) in [6.45, 7) is 12.7. The van der Waals surface area contributed by atoms with E-state index < -0.39 is 0 Å². The van der Waals surface area contributed by atoms with Crippen molar-refractivity contribution < 1.29 is 19.2 Å². The second-order valence-electron chi connectivity index (χ2n) is 15.2. The lowest BCUT2D eigenvalue weighted by atomic mass is 9.92.